The summed E-state index contributed by atoms with van der Waals surface area (Å²) in [6, 6.07) is 8.29. The van der Waals surface area contributed by atoms with Crippen molar-refractivity contribution in [2.75, 3.05) is 24.5 Å². The molecule has 1 aromatic carbocycles. The van der Waals surface area contributed by atoms with E-state index in [-0.39, 0.29) is 30.7 Å². The van der Waals surface area contributed by atoms with Crippen molar-refractivity contribution in [1.82, 2.24) is 4.90 Å². The predicted molar refractivity (Wildman–Crippen MR) is 111 cm³/mol. The van der Waals surface area contributed by atoms with Crippen LogP contribution >= 0.6 is 39.7 Å². The van der Waals surface area contributed by atoms with Gasteiger partial charge in [0.15, 0.2) is 0 Å². The number of hydrogen-bond acceptors (Lipinski definition) is 4. The molecule has 4 heterocycles. The van der Waals surface area contributed by atoms with E-state index in [0.29, 0.717) is 5.92 Å². The Bertz CT molecular complexity index is 798. The van der Waals surface area contributed by atoms with Gasteiger partial charge < -0.3 is 4.74 Å². The number of anilines is 1. The molecule has 2 aromatic rings. The van der Waals surface area contributed by atoms with Crippen LogP contribution in [0.4, 0.5) is 14.9 Å². The number of amides is 1. The van der Waals surface area contributed by atoms with Crippen LogP contribution in [0.2, 0.25) is 0 Å². The number of rotatable bonds is 4. The standard InChI is InChI=1S/C19H20BrFN2O2S.ClH/c20-14-9-15(26-12-14)10-23(17-4-2-1-3-16(17)21)19(24)25-18-11-22-7-5-13(18)6-8-22;/h1-4,9,12-13,18H,5-8,10-11H2;1H/t18-;/m0./s1. The molecule has 3 aliphatic heterocycles. The van der Waals surface area contributed by atoms with Crippen molar-refractivity contribution < 1.29 is 13.9 Å². The molecule has 5 rings (SSSR count). The van der Waals surface area contributed by atoms with Gasteiger partial charge >= 0.3 is 6.09 Å². The van der Waals surface area contributed by atoms with Crippen LogP contribution in [0.15, 0.2) is 40.2 Å². The highest BCUT2D eigenvalue weighted by Crippen LogP contribution is 2.31. The zero-order chi connectivity index (χ0) is 18.1. The zero-order valence-corrected chi connectivity index (χ0v) is 17.9. The third-order valence-corrected chi connectivity index (χ3v) is 6.83. The number of benzene rings is 1. The lowest BCUT2D eigenvalue weighted by Crippen LogP contribution is -2.53. The third kappa shape index (κ3) is 4.65. The topological polar surface area (TPSA) is 32.8 Å². The third-order valence-electron chi connectivity index (χ3n) is 5.15. The van der Waals surface area contributed by atoms with E-state index in [0.717, 1.165) is 41.8 Å². The molecule has 0 radical (unpaired) electrons. The minimum atomic E-state index is -0.474. The van der Waals surface area contributed by atoms with Gasteiger partial charge in [0.1, 0.15) is 11.9 Å². The molecular formula is C19H21BrClFN2O2S. The number of halogens is 3. The van der Waals surface area contributed by atoms with Crippen LogP contribution in [0.25, 0.3) is 0 Å². The highest BCUT2D eigenvalue weighted by atomic mass is 79.9. The van der Waals surface area contributed by atoms with Crippen molar-refractivity contribution in [2.24, 2.45) is 5.92 Å². The molecule has 3 fully saturated rings. The molecule has 8 heteroatoms. The molecule has 0 unspecified atom stereocenters. The normalized spacial score (nSPS) is 23.6. The molecule has 0 saturated carbocycles. The Morgan fingerprint density at radius 3 is 2.67 bits per heavy atom. The van der Waals surface area contributed by atoms with Crippen molar-refractivity contribution in [1.29, 1.82) is 0 Å². The first kappa shape index (κ1) is 20.6. The summed E-state index contributed by atoms with van der Waals surface area (Å²) >= 11 is 4.95. The smallest absolute Gasteiger partial charge is 0.415 e. The van der Waals surface area contributed by atoms with Gasteiger partial charge in [0.2, 0.25) is 0 Å². The summed E-state index contributed by atoms with van der Waals surface area (Å²) in [5.74, 6) is -0.00344. The molecule has 3 saturated heterocycles. The van der Waals surface area contributed by atoms with E-state index < -0.39 is 11.9 Å². The van der Waals surface area contributed by atoms with Gasteiger partial charge in [-0.15, -0.1) is 23.7 Å². The van der Waals surface area contributed by atoms with Crippen LogP contribution in [0.1, 0.15) is 17.7 Å². The Labute approximate surface area is 176 Å². The Morgan fingerprint density at radius 2 is 2.07 bits per heavy atom. The van der Waals surface area contributed by atoms with E-state index in [1.807, 2.05) is 11.4 Å². The molecule has 1 aromatic heterocycles. The van der Waals surface area contributed by atoms with E-state index >= 15 is 0 Å². The Balaban J connectivity index is 0.00000210. The van der Waals surface area contributed by atoms with E-state index in [2.05, 4.69) is 20.8 Å². The summed E-state index contributed by atoms with van der Waals surface area (Å²) in [6.45, 7) is 3.24. The fourth-order valence-electron chi connectivity index (χ4n) is 3.75. The van der Waals surface area contributed by atoms with Crippen LogP contribution in [0.3, 0.4) is 0 Å². The van der Waals surface area contributed by atoms with E-state index in [9.17, 15) is 9.18 Å². The van der Waals surface area contributed by atoms with Crippen molar-refractivity contribution in [3.8, 4) is 0 Å². The Morgan fingerprint density at radius 1 is 1.33 bits per heavy atom. The van der Waals surface area contributed by atoms with Gasteiger partial charge in [-0.1, -0.05) is 12.1 Å². The van der Waals surface area contributed by atoms with Crippen LogP contribution in [0.5, 0.6) is 0 Å². The lowest BCUT2D eigenvalue weighted by molar-refractivity contribution is -0.0311. The van der Waals surface area contributed by atoms with Gasteiger partial charge in [-0.25, -0.2) is 9.18 Å². The second-order valence-electron chi connectivity index (χ2n) is 6.83. The zero-order valence-electron chi connectivity index (χ0n) is 14.6. The highest BCUT2D eigenvalue weighted by Gasteiger charge is 2.37. The lowest BCUT2D eigenvalue weighted by Gasteiger charge is -2.44. The first-order valence-corrected chi connectivity index (χ1v) is 10.5. The molecule has 1 atom stereocenters. The summed E-state index contributed by atoms with van der Waals surface area (Å²) in [5.41, 5.74) is 0.253. The fraction of sp³-hybridized carbons (Fsp3) is 0.421. The van der Waals surface area contributed by atoms with E-state index in [4.69, 9.17) is 4.74 Å². The Kier molecular flexibility index (Phi) is 6.78. The minimum absolute atomic E-state index is 0. The molecule has 3 aliphatic rings. The molecule has 4 nitrogen and oxygen atoms in total. The molecule has 1 amide bonds. The monoisotopic (exact) mass is 474 g/mol. The molecule has 0 aliphatic carbocycles. The van der Waals surface area contributed by atoms with Crippen molar-refractivity contribution in [3.05, 3.63) is 50.9 Å². The maximum Gasteiger partial charge on any atom is 0.415 e. The second kappa shape index (κ2) is 8.90. The summed E-state index contributed by atoms with van der Waals surface area (Å²) < 4.78 is 21.2. The van der Waals surface area contributed by atoms with Gasteiger partial charge in [-0.3, -0.25) is 9.80 Å². The fourth-order valence-corrected chi connectivity index (χ4v) is 5.19. The van der Waals surface area contributed by atoms with Crippen LogP contribution in [-0.2, 0) is 11.3 Å². The summed E-state index contributed by atoms with van der Waals surface area (Å²) in [4.78, 5) is 17.7. The van der Waals surface area contributed by atoms with Crippen LogP contribution in [0, 0.1) is 11.7 Å². The largest absolute Gasteiger partial charge is 0.444 e. The second-order valence-corrected chi connectivity index (χ2v) is 8.74. The molecule has 27 heavy (non-hydrogen) atoms. The van der Waals surface area contributed by atoms with Crippen LogP contribution < -0.4 is 4.90 Å². The number of piperidine rings is 3. The van der Waals surface area contributed by atoms with Gasteiger partial charge in [0, 0.05) is 21.3 Å². The van der Waals surface area contributed by atoms with Crippen LogP contribution in [-0.4, -0.2) is 36.7 Å². The van der Waals surface area contributed by atoms with Gasteiger partial charge in [0.25, 0.3) is 0 Å². The highest BCUT2D eigenvalue weighted by molar-refractivity contribution is 9.10. The minimum Gasteiger partial charge on any atom is -0.444 e. The van der Waals surface area contributed by atoms with Crippen molar-refractivity contribution >= 4 is 51.5 Å². The van der Waals surface area contributed by atoms with E-state index in [1.165, 1.54) is 22.3 Å². The van der Waals surface area contributed by atoms with Gasteiger partial charge in [0.05, 0.1) is 12.2 Å². The van der Waals surface area contributed by atoms with Gasteiger partial charge in [-0.2, -0.15) is 0 Å². The molecular weight excluding hydrogens is 455 g/mol. The average molecular weight is 476 g/mol. The lowest BCUT2D eigenvalue weighted by atomic mass is 9.86. The molecule has 0 N–H and O–H groups in total. The number of carbonyl (C=O) groups is 1. The maximum atomic E-state index is 14.4. The summed E-state index contributed by atoms with van der Waals surface area (Å²) in [6.07, 6.45) is 1.55. The van der Waals surface area contributed by atoms with E-state index in [1.54, 1.807) is 18.2 Å². The number of thiophene rings is 1. The van der Waals surface area contributed by atoms with Crippen molar-refractivity contribution in [2.45, 2.75) is 25.5 Å². The molecule has 0 spiro atoms. The summed E-state index contributed by atoms with van der Waals surface area (Å²) in [5, 5.41) is 1.95. The van der Waals surface area contributed by atoms with Gasteiger partial charge in [-0.05, 0) is 66.0 Å². The number of carbonyl (C=O) groups excluding carboxylic acids is 1. The molecule has 2 bridgehead atoms. The quantitative estimate of drug-likeness (QED) is 0.601. The SMILES string of the molecule is Cl.O=C(O[C@H]1CN2CCC1CC2)N(Cc1cc(Br)cs1)c1ccccc1F. The summed E-state index contributed by atoms with van der Waals surface area (Å²) in [7, 11) is 0. The molecule has 146 valence electrons. The first-order valence-electron chi connectivity index (χ1n) is 8.78. The van der Waals surface area contributed by atoms with Crippen molar-refractivity contribution in [3.63, 3.8) is 0 Å². The Hall–Kier alpha value is -1.15. The number of ether oxygens (including phenoxy) is 1. The average Bonchev–Trinajstić information content (AvgIpc) is 3.06. The number of nitrogens with zero attached hydrogens (tertiary/aromatic N) is 2. The number of para-hydroxylation sites is 1. The predicted octanol–water partition coefficient (Wildman–Crippen LogP) is 5.31. The maximum absolute atomic E-state index is 14.4. The number of fused-ring (bicyclic) bond motifs is 3. The number of hydrogen-bond donors (Lipinski definition) is 0. The first-order chi connectivity index (χ1) is 12.6.